The van der Waals surface area contributed by atoms with Gasteiger partial charge in [-0.3, -0.25) is 9.69 Å². The van der Waals surface area contributed by atoms with E-state index in [2.05, 4.69) is 17.1 Å². The number of ether oxygens (including phenoxy) is 1. The molecule has 2 aliphatic rings. The van der Waals surface area contributed by atoms with Crippen LogP contribution in [0.3, 0.4) is 0 Å². The zero-order valence-corrected chi connectivity index (χ0v) is 12.4. The van der Waals surface area contributed by atoms with Gasteiger partial charge in [-0.1, -0.05) is 12.8 Å². The van der Waals surface area contributed by atoms with Gasteiger partial charge >= 0.3 is 5.97 Å². The first-order chi connectivity index (χ1) is 9.20. The summed E-state index contributed by atoms with van der Waals surface area (Å²) in [6, 6.07) is 0.977. The molecule has 0 bridgehead atoms. The number of carbonyl (C=O) groups excluding carboxylic acids is 1. The van der Waals surface area contributed by atoms with Gasteiger partial charge < -0.3 is 10.1 Å². The molecule has 1 saturated carbocycles. The lowest BCUT2D eigenvalue weighted by Gasteiger charge is -2.30. The molecule has 0 aromatic rings. The number of hydrogen-bond donors (Lipinski definition) is 1. The van der Waals surface area contributed by atoms with Crippen LogP contribution in [0.5, 0.6) is 0 Å². The molecule has 0 amide bonds. The summed E-state index contributed by atoms with van der Waals surface area (Å²) in [5, 5.41) is 3.45. The number of nitrogens with zero attached hydrogens (tertiary/aromatic N) is 1. The summed E-state index contributed by atoms with van der Waals surface area (Å²) < 4.78 is 5.21. The van der Waals surface area contributed by atoms with E-state index in [1.54, 1.807) is 0 Å². The molecule has 2 rings (SSSR count). The van der Waals surface area contributed by atoms with Crippen LogP contribution in [0.1, 0.15) is 52.4 Å². The second kappa shape index (κ2) is 7.25. The van der Waals surface area contributed by atoms with Gasteiger partial charge in [0.1, 0.15) is 6.04 Å². The van der Waals surface area contributed by atoms with Gasteiger partial charge in [0.2, 0.25) is 0 Å². The number of hydrogen-bond acceptors (Lipinski definition) is 4. The molecule has 2 fully saturated rings. The normalized spacial score (nSPS) is 26.7. The highest BCUT2D eigenvalue weighted by Crippen LogP contribution is 2.21. The SMILES string of the molecule is CCOC(=O)C(CN1CCCCCC1C)NC1CC1. The van der Waals surface area contributed by atoms with Crippen molar-refractivity contribution in [3.05, 3.63) is 0 Å². The highest BCUT2D eigenvalue weighted by molar-refractivity contribution is 5.76. The monoisotopic (exact) mass is 268 g/mol. The van der Waals surface area contributed by atoms with Crippen LogP contribution < -0.4 is 5.32 Å². The van der Waals surface area contributed by atoms with Gasteiger partial charge in [-0.25, -0.2) is 0 Å². The average Bonchev–Trinajstić information content (AvgIpc) is 3.20. The largest absolute Gasteiger partial charge is 0.465 e. The Labute approximate surface area is 116 Å². The minimum atomic E-state index is -0.145. The fourth-order valence-electron chi connectivity index (χ4n) is 2.81. The highest BCUT2D eigenvalue weighted by atomic mass is 16.5. The first kappa shape index (κ1) is 14.8. The van der Waals surface area contributed by atoms with Crippen LogP contribution in [0.25, 0.3) is 0 Å². The average molecular weight is 268 g/mol. The molecule has 1 heterocycles. The van der Waals surface area contributed by atoms with E-state index in [1.165, 1.54) is 38.5 Å². The number of esters is 1. The van der Waals surface area contributed by atoms with E-state index in [-0.39, 0.29) is 12.0 Å². The van der Waals surface area contributed by atoms with Crippen molar-refractivity contribution in [2.75, 3.05) is 19.7 Å². The summed E-state index contributed by atoms with van der Waals surface area (Å²) in [5.74, 6) is -0.0779. The Morgan fingerprint density at radius 3 is 2.79 bits per heavy atom. The molecule has 1 N–H and O–H groups in total. The van der Waals surface area contributed by atoms with Gasteiger partial charge in [0.05, 0.1) is 6.61 Å². The molecule has 4 heteroatoms. The number of likely N-dealkylation sites (tertiary alicyclic amines) is 1. The molecule has 110 valence electrons. The first-order valence-electron chi connectivity index (χ1n) is 7.87. The Morgan fingerprint density at radius 1 is 1.32 bits per heavy atom. The summed E-state index contributed by atoms with van der Waals surface area (Å²) in [4.78, 5) is 14.5. The lowest BCUT2D eigenvalue weighted by Crippen LogP contribution is -2.50. The maximum Gasteiger partial charge on any atom is 0.324 e. The molecule has 1 saturated heterocycles. The molecule has 0 aromatic carbocycles. The summed E-state index contributed by atoms with van der Waals surface area (Å²) in [6.07, 6.45) is 7.54. The Hall–Kier alpha value is -0.610. The van der Waals surface area contributed by atoms with E-state index in [1.807, 2.05) is 6.92 Å². The number of rotatable bonds is 6. The van der Waals surface area contributed by atoms with Crippen LogP contribution in [-0.4, -0.2) is 48.7 Å². The minimum absolute atomic E-state index is 0.0779. The first-order valence-corrected chi connectivity index (χ1v) is 7.87. The summed E-state index contributed by atoms with van der Waals surface area (Å²) in [6.45, 7) is 6.54. The molecule has 19 heavy (non-hydrogen) atoms. The van der Waals surface area contributed by atoms with E-state index < -0.39 is 0 Å². The third-order valence-electron chi connectivity index (χ3n) is 4.19. The van der Waals surface area contributed by atoms with Crippen LogP contribution in [0.15, 0.2) is 0 Å². The molecule has 2 unspecified atom stereocenters. The summed E-state index contributed by atoms with van der Waals surface area (Å²) >= 11 is 0. The van der Waals surface area contributed by atoms with Crippen molar-refractivity contribution in [2.45, 2.75) is 70.5 Å². The molecule has 1 aliphatic carbocycles. The molecular formula is C15H28N2O2. The van der Waals surface area contributed by atoms with Gasteiger partial charge in [0, 0.05) is 18.6 Å². The van der Waals surface area contributed by atoms with E-state index in [4.69, 9.17) is 4.74 Å². The minimum Gasteiger partial charge on any atom is -0.465 e. The Balaban J connectivity index is 1.90. The van der Waals surface area contributed by atoms with Gasteiger partial charge in [0.25, 0.3) is 0 Å². The molecule has 0 radical (unpaired) electrons. The Bertz CT molecular complexity index is 292. The van der Waals surface area contributed by atoms with Crippen molar-refractivity contribution < 1.29 is 9.53 Å². The van der Waals surface area contributed by atoms with Crippen molar-refractivity contribution in [2.24, 2.45) is 0 Å². The molecule has 0 aromatic heterocycles. The van der Waals surface area contributed by atoms with Crippen LogP contribution in [0.2, 0.25) is 0 Å². The quantitative estimate of drug-likeness (QED) is 0.748. The third kappa shape index (κ3) is 4.77. The number of carbonyl (C=O) groups is 1. The smallest absolute Gasteiger partial charge is 0.324 e. The Morgan fingerprint density at radius 2 is 2.11 bits per heavy atom. The van der Waals surface area contributed by atoms with Gasteiger partial charge in [-0.2, -0.15) is 0 Å². The van der Waals surface area contributed by atoms with Crippen molar-refractivity contribution in [3.63, 3.8) is 0 Å². The van der Waals surface area contributed by atoms with Crippen molar-refractivity contribution in [1.82, 2.24) is 10.2 Å². The van der Waals surface area contributed by atoms with E-state index in [9.17, 15) is 4.79 Å². The zero-order valence-electron chi connectivity index (χ0n) is 12.4. The van der Waals surface area contributed by atoms with Gasteiger partial charge in [-0.05, 0) is 46.1 Å². The maximum atomic E-state index is 12.1. The van der Waals surface area contributed by atoms with E-state index in [0.717, 1.165) is 13.1 Å². The van der Waals surface area contributed by atoms with Crippen LogP contribution in [0, 0.1) is 0 Å². The third-order valence-corrected chi connectivity index (χ3v) is 4.19. The van der Waals surface area contributed by atoms with Gasteiger partial charge in [0.15, 0.2) is 0 Å². The van der Waals surface area contributed by atoms with E-state index in [0.29, 0.717) is 18.7 Å². The van der Waals surface area contributed by atoms with Crippen molar-refractivity contribution >= 4 is 5.97 Å². The molecule has 0 spiro atoms. The zero-order chi connectivity index (χ0) is 13.7. The molecular weight excluding hydrogens is 240 g/mol. The maximum absolute atomic E-state index is 12.1. The molecule has 1 aliphatic heterocycles. The van der Waals surface area contributed by atoms with Crippen LogP contribution in [0.4, 0.5) is 0 Å². The van der Waals surface area contributed by atoms with Crippen molar-refractivity contribution in [3.8, 4) is 0 Å². The fraction of sp³-hybridized carbons (Fsp3) is 0.933. The lowest BCUT2D eigenvalue weighted by molar-refractivity contribution is -0.146. The summed E-state index contributed by atoms with van der Waals surface area (Å²) in [7, 11) is 0. The standard InChI is InChI=1S/C15H28N2O2/c1-3-19-15(18)14(16-13-8-9-13)11-17-10-6-4-5-7-12(17)2/h12-14,16H,3-11H2,1-2H3. The summed E-state index contributed by atoms with van der Waals surface area (Å²) in [5.41, 5.74) is 0. The molecule has 2 atom stereocenters. The van der Waals surface area contributed by atoms with Crippen LogP contribution in [-0.2, 0) is 9.53 Å². The second-order valence-electron chi connectivity index (χ2n) is 5.94. The fourth-order valence-corrected chi connectivity index (χ4v) is 2.81. The van der Waals surface area contributed by atoms with Crippen molar-refractivity contribution in [1.29, 1.82) is 0 Å². The molecule has 4 nitrogen and oxygen atoms in total. The highest BCUT2D eigenvalue weighted by Gasteiger charge is 2.31. The van der Waals surface area contributed by atoms with Crippen LogP contribution >= 0.6 is 0 Å². The van der Waals surface area contributed by atoms with Gasteiger partial charge in [-0.15, -0.1) is 0 Å². The van der Waals surface area contributed by atoms with E-state index >= 15 is 0 Å². The predicted octanol–water partition coefficient (Wildman–Crippen LogP) is 1.93. The lowest BCUT2D eigenvalue weighted by atomic mass is 10.1. The second-order valence-corrected chi connectivity index (χ2v) is 5.94. The Kier molecular flexibility index (Phi) is 5.64. The number of nitrogens with one attached hydrogen (secondary N) is 1. The predicted molar refractivity (Wildman–Crippen MR) is 76.1 cm³/mol. The topological polar surface area (TPSA) is 41.6 Å².